The molecule has 0 radical (unpaired) electrons. The van der Waals surface area contributed by atoms with Gasteiger partial charge in [0.1, 0.15) is 11.6 Å². The number of nitrogens with two attached hydrogens (primary N) is 1. The van der Waals surface area contributed by atoms with Crippen molar-refractivity contribution in [1.82, 2.24) is 19.7 Å². The molecule has 3 atom stereocenters. The molecule has 146 valence electrons. The summed E-state index contributed by atoms with van der Waals surface area (Å²) >= 11 is 4.24. The molecule has 0 bridgehead atoms. The minimum atomic E-state index is 0.297. The van der Waals surface area contributed by atoms with E-state index in [-0.39, 0.29) is 0 Å². The molecule has 1 aromatic rings. The SMILES string of the molecule is CCC(CC1CCCN1CC[C@@H](C)N)n1c(C)nnc1C(C)C.II. The molecule has 1 saturated heterocycles. The molecule has 0 aromatic carbocycles. The van der Waals surface area contributed by atoms with Crippen LogP contribution in [-0.2, 0) is 0 Å². The van der Waals surface area contributed by atoms with Crippen molar-refractivity contribution in [2.24, 2.45) is 5.73 Å². The van der Waals surface area contributed by atoms with Gasteiger partial charge in [0.15, 0.2) is 0 Å². The summed E-state index contributed by atoms with van der Waals surface area (Å²) in [4.78, 5) is 2.65. The van der Waals surface area contributed by atoms with Crippen molar-refractivity contribution < 1.29 is 0 Å². The van der Waals surface area contributed by atoms with Crippen molar-refractivity contribution in [3.63, 3.8) is 0 Å². The third-order valence-corrected chi connectivity index (χ3v) is 5.16. The smallest absolute Gasteiger partial charge is 0.135 e. The first-order valence-corrected chi connectivity index (χ1v) is 15.8. The maximum absolute atomic E-state index is 5.95. The monoisotopic (exact) mass is 575 g/mol. The fourth-order valence-electron chi connectivity index (χ4n) is 3.83. The third kappa shape index (κ3) is 6.88. The van der Waals surface area contributed by atoms with Crippen molar-refractivity contribution in [2.75, 3.05) is 13.1 Å². The Morgan fingerprint density at radius 2 is 1.92 bits per heavy atom. The zero-order chi connectivity index (χ0) is 19.0. The van der Waals surface area contributed by atoms with Gasteiger partial charge in [-0.3, -0.25) is 0 Å². The molecule has 2 rings (SSSR count). The van der Waals surface area contributed by atoms with Gasteiger partial charge < -0.3 is 15.2 Å². The second kappa shape index (κ2) is 12.1. The molecule has 1 aliphatic rings. The van der Waals surface area contributed by atoms with E-state index in [2.05, 4.69) is 91.5 Å². The van der Waals surface area contributed by atoms with Crippen LogP contribution >= 0.6 is 37.2 Å². The third-order valence-electron chi connectivity index (χ3n) is 5.16. The molecule has 0 aliphatic carbocycles. The molecule has 2 unspecified atom stereocenters. The fourth-order valence-corrected chi connectivity index (χ4v) is 3.83. The molecule has 1 fully saturated rings. The predicted octanol–water partition coefficient (Wildman–Crippen LogP) is 5.02. The summed E-state index contributed by atoms with van der Waals surface area (Å²) in [5.41, 5.74) is 5.95. The van der Waals surface area contributed by atoms with Crippen molar-refractivity contribution in [3.8, 4) is 0 Å². The Morgan fingerprint density at radius 3 is 2.48 bits per heavy atom. The topological polar surface area (TPSA) is 60.0 Å². The minimum Gasteiger partial charge on any atom is -0.328 e. The number of aryl methyl sites for hydroxylation is 1. The molecule has 2 N–H and O–H groups in total. The molecular formula is C18H35I2N5. The van der Waals surface area contributed by atoms with Gasteiger partial charge in [-0.15, -0.1) is 10.2 Å². The van der Waals surface area contributed by atoms with Crippen LogP contribution < -0.4 is 5.73 Å². The lowest BCUT2D eigenvalue weighted by Gasteiger charge is -2.30. The Hall–Kier alpha value is 0.520. The lowest BCUT2D eigenvalue weighted by molar-refractivity contribution is 0.209. The van der Waals surface area contributed by atoms with Gasteiger partial charge in [0.2, 0.25) is 0 Å². The van der Waals surface area contributed by atoms with E-state index in [4.69, 9.17) is 5.73 Å². The van der Waals surface area contributed by atoms with Crippen LogP contribution in [0.25, 0.3) is 0 Å². The van der Waals surface area contributed by atoms with Crippen LogP contribution in [0, 0.1) is 6.92 Å². The molecule has 1 aliphatic heterocycles. The van der Waals surface area contributed by atoms with Crippen LogP contribution in [-0.4, -0.2) is 44.8 Å². The molecule has 5 nitrogen and oxygen atoms in total. The van der Waals surface area contributed by atoms with E-state index in [0.29, 0.717) is 24.0 Å². The average Bonchev–Trinajstić information content (AvgIpc) is 3.18. The fraction of sp³-hybridized carbons (Fsp3) is 0.889. The lowest BCUT2D eigenvalue weighted by Crippen LogP contribution is -2.35. The number of rotatable bonds is 8. The number of hydrogen-bond donors (Lipinski definition) is 1. The molecule has 2 heterocycles. The van der Waals surface area contributed by atoms with E-state index in [1.807, 2.05) is 0 Å². The summed E-state index contributed by atoms with van der Waals surface area (Å²) < 4.78 is 2.40. The summed E-state index contributed by atoms with van der Waals surface area (Å²) in [6.45, 7) is 13.3. The first-order chi connectivity index (χ1) is 11.9. The average molecular weight is 575 g/mol. The van der Waals surface area contributed by atoms with E-state index in [1.54, 1.807) is 0 Å². The number of likely N-dealkylation sites (tertiary alicyclic amines) is 1. The van der Waals surface area contributed by atoms with Gasteiger partial charge in [-0.1, -0.05) is 20.8 Å². The number of hydrogen-bond acceptors (Lipinski definition) is 4. The maximum atomic E-state index is 5.95. The quantitative estimate of drug-likeness (QED) is 0.443. The first kappa shape index (κ1) is 23.6. The summed E-state index contributed by atoms with van der Waals surface area (Å²) in [5.74, 6) is 2.61. The molecule has 25 heavy (non-hydrogen) atoms. The van der Waals surface area contributed by atoms with Gasteiger partial charge in [0, 0.05) is 61.3 Å². The van der Waals surface area contributed by atoms with Crippen LogP contribution in [0.3, 0.4) is 0 Å². The summed E-state index contributed by atoms with van der Waals surface area (Å²) in [5, 5.41) is 8.76. The van der Waals surface area contributed by atoms with Crippen LogP contribution in [0.1, 0.15) is 83.4 Å². The highest BCUT2D eigenvalue weighted by Crippen LogP contribution is 2.30. The van der Waals surface area contributed by atoms with Gasteiger partial charge in [-0.2, -0.15) is 0 Å². The zero-order valence-corrected chi connectivity index (χ0v) is 20.7. The standard InChI is InChI=1S/C18H35N5.I2/c1-6-16(23-15(5)20-21-18(23)13(2)3)12-17-8-7-10-22(17)11-9-14(4)19;1-2/h13-14,16-17H,6-12,19H2,1-5H3;/t14-,16?,17?;/m1./s1. The largest absolute Gasteiger partial charge is 0.328 e. The maximum Gasteiger partial charge on any atom is 0.135 e. The van der Waals surface area contributed by atoms with Crippen molar-refractivity contribution in [1.29, 1.82) is 0 Å². The highest BCUT2D eigenvalue weighted by molar-refractivity contribution is 15.0. The van der Waals surface area contributed by atoms with Crippen LogP contribution in [0.5, 0.6) is 0 Å². The van der Waals surface area contributed by atoms with E-state index >= 15 is 0 Å². The van der Waals surface area contributed by atoms with Gasteiger partial charge in [0.05, 0.1) is 0 Å². The Morgan fingerprint density at radius 1 is 1.24 bits per heavy atom. The minimum absolute atomic E-state index is 0.297. The van der Waals surface area contributed by atoms with Gasteiger partial charge >= 0.3 is 0 Å². The Balaban J connectivity index is 0.00000151. The second-order valence-electron chi connectivity index (χ2n) is 7.53. The number of nitrogens with zero attached hydrogens (tertiary/aromatic N) is 4. The van der Waals surface area contributed by atoms with Crippen molar-refractivity contribution in [2.45, 2.75) is 90.8 Å². The van der Waals surface area contributed by atoms with E-state index in [1.165, 1.54) is 25.8 Å². The number of halogens is 2. The summed E-state index contributed by atoms with van der Waals surface area (Å²) in [6, 6.07) is 1.48. The molecule has 7 heteroatoms. The van der Waals surface area contributed by atoms with E-state index in [9.17, 15) is 0 Å². The molecule has 0 spiro atoms. The van der Waals surface area contributed by atoms with E-state index < -0.39 is 0 Å². The van der Waals surface area contributed by atoms with Crippen LogP contribution in [0.2, 0.25) is 0 Å². The Kier molecular flexibility index (Phi) is 11.4. The van der Waals surface area contributed by atoms with Gasteiger partial charge in [-0.25, -0.2) is 0 Å². The molecule has 0 amide bonds. The number of aromatic nitrogens is 3. The van der Waals surface area contributed by atoms with Crippen molar-refractivity contribution >= 4 is 37.2 Å². The summed E-state index contributed by atoms with van der Waals surface area (Å²) in [7, 11) is 0. The van der Waals surface area contributed by atoms with Crippen LogP contribution in [0.15, 0.2) is 0 Å². The highest BCUT2D eigenvalue weighted by atomic mass is 128. The summed E-state index contributed by atoms with van der Waals surface area (Å²) in [6.07, 6.45) is 6.06. The van der Waals surface area contributed by atoms with Gasteiger partial charge in [0.25, 0.3) is 0 Å². The van der Waals surface area contributed by atoms with Crippen LogP contribution in [0.4, 0.5) is 0 Å². The lowest BCUT2D eigenvalue weighted by atomic mass is 10.0. The highest BCUT2D eigenvalue weighted by Gasteiger charge is 2.29. The Labute approximate surface area is 177 Å². The molecular weight excluding hydrogens is 540 g/mol. The van der Waals surface area contributed by atoms with Gasteiger partial charge in [-0.05, 0) is 59.0 Å². The predicted molar refractivity (Wildman–Crippen MR) is 124 cm³/mol. The second-order valence-corrected chi connectivity index (χ2v) is 7.53. The first-order valence-electron chi connectivity index (χ1n) is 9.49. The molecule has 0 saturated carbocycles. The normalized spacial score (nSPS) is 20.4. The Bertz CT molecular complexity index is 490. The van der Waals surface area contributed by atoms with E-state index in [0.717, 1.165) is 31.0 Å². The van der Waals surface area contributed by atoms with Crippen molar-refractivity contribution in [3.05, 3.63) is 11.6 Å². The zero-order valence-electron chi connectivity index (χ0n) is 16.4. The molecule has 1 aromatic heterocycles.